The highest BCUT2D eigenvalue weighted by molar-refractivity contribution is 6.30. The van der Waals surface area contributed by atoms with Crippen molar-refractivity contribution in [2.45, 2.75) is 12.8 Å². The average Bonchev–Trinajstić information content (AvgIpc) is 3.18. The van der Waals surface area contributed by atoms with E-state index in [9.17, 15) is 9.59 Å². The van der Waals surface area contributed by atoms with Crippen LogP contribution in [0.2, 0.25) is 5.02 Å². The minimum Gasteiger partial charge on any atom is -0.339 e. The first-order chi connectivity index (χ1) is 13.6. The van der Waals surface area contributed by atoms with Crippen LogP contribution in [0.5, 0.6) is 0 Å². The lowest BCUT2D eigenvalue weighted by Gasteiger charge is -2.07. The number of rotatable bonds is 5. The molecule has 1 N–H and O–H groups in total. The second-order valence-electron chi connectivity index (χ2n) is 5.99. The highest BCUT2D eigenvalue weighted by Crippen LogP contribution is 2.19. The van der Waals surface area contributed by atoms with Crippen LogP contribution in [0.15, 0.2) is 64.2 Å². The Balaban J connectivity index is 1.41. The van der Waals surface area contributed by atoms with Gasteiger partial charge in [-0.25, -0.2) is 9.66 Å². The Morgan fingerprint density at radius 3 is 2.75 bits per heavy atom. The van der Waals surface area contributed by atoms with Gasteiger partial charge in [0, 0.05) is 23.4 Å². The SMILES string of the molecule is O=C(CCc1nc(-c2ccc(Cl)cc2)no1)Nn1cnc2ccccc2c1=O. The number of nitrogens with one attached hydrogen (secondary N) is 1. The summed E-state index contributed by atoms with van der Waals surface area (Å²) in [4.78, 5) is 33.0. The number of aryl methyl sites for hydroxylation is 1. The van der Waals surface area contributed by atoms with Crippen LogP contribution in [-0.4, -0.2) is 25.7 Å². The highest BCUT2D eigenvalue weighted by atomic mass is 35.5. The van der Waals surface area contributed by atoms with Gasteiger partial charge in [0.15, 0.2) is 0 Å². The first-order valence-corrected chi connectivity index (χ1v) is 8.83. The summed E-state index contributed by atoms with van der Waals surface area (Å²) in [5.74, 6) is 0.372. The molecular weight excluding hydrogens is 382 g/mol. The Morgan fingerprint density at radius 2 is 1.93 bits per heavy atom. The summed E-state index contributed by atoms with van der Waals surface area (Å²) in [5.41, 5.74) is 3.50. The minimum atomic E-state index is -0.370. The van der Waals surface area contributed by atoms with Crippen LogP contribution in [-0.2, 0) is 11.2 Å². The van der Waals surface area contributed by atoms with E-state index in [1.54, 1.807) is 48.5 Å². The monoisotopic (exact) mass is 395 g/mol. The van der Waals surface area contributed by atoms with Crippen LogP contribution in [0.4, 0.5) is 0 Å². The molecule has 9 heteroatoms. The lowest BCUT2D eigenvalue weighted by molar-refractivity contribution is -0.117. The summed E-state index contributed by atoms with van der Waals surface area (Å²) in [5, 5.41) is 4.94. The molecule has 4 rings (SSSR count). The third kappa shape index (κ3) is 3.77. The molecule has 0 saturated heterocycles. The molecule has 8 nitrogen and oxygen atoms in total. The Bertz CT molecular complexity index is 1200. The maximum absolute atomic E-state index is 12.4. The van der Waals surface area contributed by atoms with Crippen molar-refractivity contribution in [3.63, 3.8) is 0 Å². The number of nitrogens with zero attached hydrogens (tertiary/aromatic N) is 4. The molecule has 0 bridgehead atoms. The Labute approximate surface area is 163 Å². The fourth-order valence-corrected chi connectivity index (χ4v) is 2.76. The molecule has 2 heterocycles. The molecule has 0 radical (unpaired) electrons. The smallest absolute Gasteiger partial charge is 0.280 e. The molecule has 1 amide bonds. The van der Waals surface area contributed by atoms with Crippen LogP contribution < -0.4 is 11.0 Å². The lowest BCUT2D eigenvalue weighted by Crippen LogP contribution is -2.33. The second kappa shape index (κ2) is 7.61. The average molecular weight is 396 g/mol. The standard InChI is InChI=1S/C19H14ClN5O3/c20-13-7-5-12(6-8-13)18-22-17(28-24-18)10-9-16(26)23-25-11-21-15-4-2-1-3-14(15)19(25)27/h1-8,11H,9-10H2,(H,23,26). The molecule has 0 atom stereocenters. The van der Waals surface area contributed by atoms with Crippen molar-refractivity contribution in [2.24, 2.45) is 0 Å². The van der Waals surface area contributed by atoms with Gasteiger partial charge in [0.25, 0.3) is 5.56 Å². The highest BCUT2D eigenvalue weighted by Gasteiger charge is 2.12. The Hall–Kier alpha value is -3.52. The van der Waals surface area contributed by atoms with E-state index in [1.165, 1.54) is 6.33 Å². The van der Waals surface area contributed by atoms with Gasteiger partial charge in [-0.05, 0) is 36.4 Å². The van der Waals surface area contributed by atoms with Gasteiger partial charge < -0.3 is 4.52 Å². The van der Waals surface area contributed by atoms with Gasteiger partial charge in [0.2, 0.25) is 17.6 Å². The number of amides is 1. The van der Waals surface area contributed by atoms with Gasteiger partial charge in [0.1, 0.15) is 6.33 Å². The molecule has 0 spiro atoms. The quantitative estimate of drug-likeness (QED) is 0.557. The van der Waals surface area contributed by atoms with E-state index in [-0.39, 0.29) is 24.3 Å². The number of hydrogen-bond acceptors (Lipinski definition) is 6. The van der Waals surface area contributed by atoms with Gasteiger partial charge in [-0.1, -0.05) is 28.9 Å². The maximum Gasteiger partial charge on any atom is 0.280 e. The van der Waals surface area contributed by atoms with Gasteiger partial charge in [-0.15, -0.1) is 0 Å². The largest absolute Gasteiger partial charge is 0.339 e. The first-order valence-electron chi connectivity index (χ1n) is 8.45. The molecular formula is C19H14ClN5O3. The topological polar surface area (TPSA) is 103 Å². The van der Waals surface area contributed by atoms with Crippen LogP contribution in [0.25, 0.3) is 22.3 Å². The Morgan fingerprint density at radius 1 is 1.14 bits per heavy atom. The van der Waals surface area contributed by atoms with E-state index < -0.39 is 0 Å². The minimum absolute atomic E-state index is 0.0710. The number of benzene rings is 2. The molecule has 0 aliphatic carbocycles. The van der Waals surface area contributed by atoms with E-state index in [2.05, 4.69) is 20.6 Å². The number of fused-ring (bicyclic) bond motifs is 1. The van der Waals surface area contributed by atoms with E-state index >= 15 is 0 Å². The zero-order valence-electron chi connectivity index (χ0n) is 14.5. The number of aromatic nitrogens is 4. The Kier molecular flexibility index (Phi) is 4.86. The fraction of sp³-hybridized carbons (Fsp3) is 0.105. The van der Waals surface area contributed by atoms with E-state index in [0.29, 0.717) is 27.6 Å². The lowest BCUT2D eigenvalue weighted by atomic mass is 10.2. The molecule has 2 aromatic carbocycles. The van der Waals surface area contributed by atoms with E-state index in [0.717, 1.165) is 10.2 Å². The van der Waals surface area contributed by atoms with Crippen molar-refractivity contribution in [3.8, 4) is 11.4 Å². The number of para-hydroxylation sites is 1. The predicted molar refractivity (Wildman–Crippen MR) is 103 cm³/mol. The van der Waals surface area contributed by atoms with Crippen molar-refractivity contribution in [3.05, 3.63) is 76.1 Å². The third-order valence-electron chi connectivity index (χ3n) is 4.05. The number of hydrogen-bond donors (Lipinski definition) is 1. The molecule has 4 aromatic rings. The summed E-state index contributed by atoms with van der Waals surface area (Å²) in [6.45, 7) is 0. The molecule has 2 aromatic heterocycles. The zero-order valence-corrected chi connectivity index (χ0v) is 15.3. The molecule has 0 unspecified atom stereocenters. The first kappa shape index (κ1) is 17.9. The van der Waals surface area contributed by atoms with Crippen molar-refractivity contribution in [1.82, 2.24) is 19.8 Å². The summed E-state index contributed by atoms with van der Waals surface area (Å²) in [7, 11) is 0. The van der Waals surface area contributed by atoms with Crippen LogP contribution in [0.3, 0.4) is 0 Å². The van der Waals surface area contributed by atoms with Crippen molar-refractivity contribution >= 4 is 28.4 Å². The van der Waals surface area contributed by atoms with Crippen molar-refractivity contribution in [1.29, 1.82) is 0 Å². The summed E-state index contributed by atoms with van der Waals surface area (Å²) in [6.07, 6.45) is 1.59. The number of carbonyl (C=O) groups excluding carboxylic acids is 1. The fourth-order valence-electron chi connectivity index (χ4n) is 2.63. The maximum atomic E-state index is 12.4. The normalized spacial score (nSPS) is 10.9. The summed E-state index contributed by atoms with van der Waals surface area (Å²) >= 11 is 5.86. The number of halogens is 1. The molecule has 0 fully saturated rings. The molecule has 140 valence electrons. The van der Waals surface area contributed by atoms with Crippen molar-refractivity contribution < 1.29 is 9.32 Å². The second-order valence-corrected chi connectivity index (χ2v) is 6.43. The zero-order chi connectivity index (χ0) is 19.5. The summed E-state index contributed by atoms with van der Waals surface area (Å²) in [6, 6.07) is 13.9. The molecule has 28 heavy (non-hydrogen) atoms. The van der Waals surface area contributed by atoms with Gasteiger partial charge in [-0.2, -0.15) is 4.98 Å². The number of carbonyl (C=O) groups is 1. The van der Waals surface area contributed by atoms with Gasteiger partial charge in [0.05, 0.1) is 10.9 Å². The van der Waals surface area contributed by atoms with Crippen molar-refractivity contribution in [2.75, 3.05) is 5.43 Å². The summed E-state index contributed by atoms with van der Waals surface area (Å²) < 4.78 is 6.24. The van der Waals surface area contributed by atoms with E-state index in [4.69, 9.17) is 16.1 Å². The molecule has 0 aliphatic rings. The van der Waals surface area contributed by atoms with Gasteiger partial charge >= 0.3 is 0 Å². The molecule has 0 aliphatic heterocycles. The van der Waals surface area contributed by atoms with Crippen LogP contribution in [0.1, 0.15) is 12.3 Å². The van der Waals surface area contributed by atoms with E-state index in [1.807, 2.05) is 0 Å². The van der Waals surface area contributed by atoms with Gasteiger partial charge in [-0.3, -0.25) is 15.0 Å². The molecule has 0 saturated carbocycles. The third-order valence-corrected chi connectivity index (χ3v) is 4.30. The van der Waals surface area contributed by atoms with Crippen LogP contribution >= 0.6 is 11.6 Å². The predicted octanol–water partition coefficient (Wildman–Crippen LogP) is 2.80. The van der Waals surface area contributed by atoms with Crippen LogP contribution in [0, 0.1) is 0 Å².